The van der Waals surface area contributed by atoms with Gasteiger partial charge in [0, 0.05) is 32.5 Å². The van der Waals surface area contributed by atoms with E-state index in [1.807, 2.05) is 24.3 Å². The predicted molar refractivity (Wildman–Crippen MR) is 135 cm³/mol. The first kappa shape index (κ1) is 25.3. The number of methoxy groups -OCH3 is 2. The minimum absolute atomic E-state index is 0.0490. The van der Waals surface area contributed by atoms with Crippen molar-refractivity contribution in [1.29, 1.82) is 5.26 Å². The van der Waals surface area contributed by atoms with Crippen LogP contribution in [0.2, 0.25) is 0 Å². The van der Waals surface area contributed by atoms with Gasteiger partial charge in [-0.2, -0.15) is 5.26 Å². The second kappa shape index (κ2) is 13.4. The first-order valence-electron chi connectivity index (χ1n) is 11.6. The summed E-state index contributed by atoms with van der Waals surface area (Å²) in [4.78, 5) is 2.27. The molecule has 0 bridgehead atoms. The van der Waals surface area contributed by atoms with E-state index in [2.05, 4.69) is 66.4 Å². The Hall–Kier alpha value is -3.33. The molecule has 0 saturated carbocycles. The molecule has 5 nitrogen and oxygen atoms in total. The zero-order valence-electron chi connectivity index (χ0n) is 20.4. The van der Waals surface area contributed by atoms with Crippen molar-refractivity contribution in [2.45, 2.75) is 32.4 Å². The van der Waals surface area contributed by atoms with Gasteiger partial charge >= 0.3 is 0 Å². The lowest BCUT2D eigenvalue weighted by atomic mass is 9.98. The summed E-state index contributed by atoms with van der Waals surface area (Å²) in [5.74, 6) is 1.71. The molecule has 0 N–H and O–H groups in total. The van der Waals surface area contributed by atoms with E-state index in [4.69, 9.17) is 19.5 Å². The van der Waals surface area contributed by atoms with Crippen LogP contribution in [0.25, 0.3) is 0 Å². The molecule has 0 amide bonds. The highest BCUT2D eigenvalue weighted by molar-refractivity contribution is 5.36. The molecule has 0 aliphatic carbocycles. The third-order valence-corrected chi connectivity index (χ3v) is 5.96. The van der Waals surface area contributed by atoms with Gasteiger partial charge < -0.3 is 14.2 Å². The van der Waals surface area contributed by atoms with Crippen LogP contribution in [0.1, 0.15) is 34.8 Å². The molecule has 0 unspecified atom stereocenters. The first-order valence-corrected chi connectivity index (χ1v) is 11.6. The smallest absolute Gasteiger partial charge is 0.119 e. The van der Waals surface area contributed by atoms with Crippen molar-refractivity contribution in [1.82, 2.24) is 4.90 Å². The third-order valence-electron chi connectivity index (χ3n) is 5.96. The molecule has 0 aliphatic heterocycles. The van der Waals surface area contributed by atoms with Gasteiger partial charge in [-0.1, -0.05) is 48.5 Å². The van der Waals surface area contributed by atoms with E-state index in [1.54, 1.807) is 14.2 Å². The zero-order chi connectivity index (χ0) is 24.2. The van der Waals surface area contributed by atoms with Gasteiger partial charge in [0.05, 0.1) is 33.0 Å². The Kier molecular flexibility index (Phi) is 9.97. The fraction of sp³-hybridized carbons (Fsp3) is 0.345. The maximum atomic E-state index is 9.11. The van der Waals surface area contributed by atoms with Crippen molar-refractivity contribution >= 4 is 0 Å². The van der Waals surface area contributed by atoms with Gasteiger partial charge in [0.1, 0.15) is 11.5 Å². The van der Waals surface area contributed by atoms with Gasteiger partial charge in [0.25, 0.3) is 0 Å². The third kappa shape index (κ3) is 7.62. The summed E-state index contributed by atoms with van der Waals surface area (Å²) >= 11 is 0. The van der Waals surface area contributed by atoms with Gasteiger partial charge in [-0.25, -0.2) is 0 Å². The molecular formula is C29H34N2O3. The highest BCUT2D eigenvalue weighted by atomic mass is 16.5. The molecule has 3 rings (SSSR count). The fourth-order valence-corrected chi connectivity index (χ4v) is 3.96. The molecular weight excluding hydrogens is 424 g/mol. The lowest BCUT2D eigenvalue weighted by molar-refractivity contribution is 0.0356. The molecule has 1 atom stereocenters. The molecule has 0 aliphatic rings. The number of hydrogen-bond donors (Lipinski definition) is 0. The Bertz CT molecular complexity index is 1050. The number of nitrogens with zero attached hydrogens (tertiary/aromatic N) is 2. The van der Waals surface area contributed by atoms with E-state index in [-0.39, 0.29) is 6.10 Å². The molecule has 0 fully saturated rings. The second-order valence-electron chi connectivity index (χ2n) is 8.30. The average Bonchev–Trinajstić information content (AvgIpc) is 2.88. The summed E-state index contributed by atoms with van der Waals surface area (Å²) in [5.41, 5.74) is 4.79. The molecule has 5 heteroatoms. The van der Waals surface area contributed by atoms with E-state index in [0.29, 0.717) is 19.6 Å². The molecule has 0 heterocycles. The van der Waals surface area contributed by atoms with E-state index in [9.17, 15) is 0 Å². The number of aryl methyl sites for hydroxylation is 1. The van der Waals surface area contributed by atoms with Crippen molar-refractivity contribution < 1.29 is 14.2 Å². The maximum absolute atomic E-state index is 9.11. The fourth-order valence-electron chi connectivity index (χ4n) is 3.96. The van der Waals surface area contributed by atoms with Gasteiger partial charge in [0.2, 0.25) is 0 Å². The molecule has 0 radical (unpaired) electrons. The summed E-state index contributed by atoms with van der Waals surface area (Å²) in [5, 5.41) is 9.11. The Labute approximate surface area is 203 Å². The Morgan fingerprint density at radius 1 is 0.882 bits per heavy atom. The lowest BCUT2D eigenvalue weighted by Crippen LogP contribution is -2.29. The van der Waals surface area contributed by atoms with Crippen molar-refractivity contribution in [3.8, 4) is 17.6 Å². The van der Waals surface area contributed by atoms with Crippen LogP contribution < -0.4 is 9.47 Å². The van der Waals surface area contributed by atoms with Crippen LogP contribution in [-0.2, 0) is 17.7 Å². The number of rotatable bonds is 13. The minimum atomic E-state index is -0.0490. The monoisotopic (exact) mass is 458 g/mol. The predicted octanol–water partition coefficient (Wildman–Crippen LogP) is 5.73. The molecule has 3 aromatic carbocycles. The van der Waals surface area contributed by atoms with Crippen LogP contribution >= 0.6 is 0 Å². The van der Waals surface area contributed by atoms with Crippen molar-refractivity contribution in [3.63, 3.8) is 0 Å². The van der Waals surface area contributed by atoms with E-state index in [0.717, 1.165) is 36.6 Å². The number of nitriles is 1. The lowest BCUT2D eigenvalue weighted by Gasteiger charge is -2.24. The van der Waals surface area contributed by atoms with Gasteiger partial charge in [-0.3, -0.25) is 4.90 Å². The number of benzene rings is 3. The Morgan fingerprint density at radius 2 is 1.59 bits per heavy atom. The van der Waals surface area contributed by atoms with Crippen LogP contribution in [0.5, 0.6) is 11.5 Å². The first-order chi connectivity index (χ1) is 16.6. The van der Waals surface area contributed by atoms with E-state index in [1.165, 1.54) is 16.7 Å². The topological polar surface area (TPSA) is 54.7 Å². The quantitative estimate of drug-likeness (QED) is 0.327. The summed E-state index contributed by atoms with van der Waals surface area (Å²) < 4.78 is 17.1. The highest BCUT2D eigenvalue weighted by Gasteiger charge is 2.16. The van der Waals surface area contributed by atoms with E-state index >= 15 is 0 Å². The minimum Gasteiger partial charge on any atom is -0.497 e. The molecule has 3 aromatic rings. The number of hydrogen-bond acceptors (Lipinski definition) is 5. The van der Waals surface area contributed by atoms with Gasteiger partial charge in [-0.15, -0.1) is 0 Å². The van der Waals surface area contributed by atoms with Crippen LogP contribution in [-0.4, -0.2) is 38.8 Å². The molecule has 178 valence electrons. The normalized spacial score (nSPS) is 11.7. The van der Waals surface area contributed by atoms with Crippen molar-refractivity contribution in [2.24, 2.45) is 0 Å². The summed E-state index contributed by atoms with van der Waals surface area (Å²) in [6, 6.07) is 26.9. The highest BCUT2D eigenvalue weighted by Crippen LogP contribution is 2.26. The molecule has 0 aromatic heterocycles. The largest absolute Gasteiger partial charge is 0.497 e. The Morgan fingerprint density at radius 3 is 2.24 bits per heavy atom. The van der Waals surface area contributed by atoms with Crippen LogP contribution in [0.4, 0.5) is 0 Å². The maximum Gasteiger partial charge on any atom is 0.119 e. The van der Waals surface area contributed by atoms with E-state index < -0.39 is 0 Å². The number of ether oxygens (including phenoxy) is 3. The molecule has 0 saturated heterocycles. The van der Waals surface area contributed by atoms with Crippen molar-refractivity contribution in [2.75, 3.05) is 33.9 Å². The van der Waals surface area contributed by atoms with Crippen LogP contribution in [0.15, 0.2) is 72.8 Å². The summed E-state index contributed by atoms with van der Waals surface area (Å²) in [6.45, 7) is 4.91. The van der Waals surface area contributed by atoms with Crippen LogP contribution in [0, 0.1) is 18.3 Å². The Balaban J connectivity index is 1.66. The SMILES string of the molecule is COc1ccc(CN(CCC#N)CCO[C@H](Cc2ccc(OC)cc2C)c2ccccc2)cc1. The molecule has 0 spiro atoms. The summed E-state index contributed by atoms with van der Waals surface area (Å²) in [6.07, 6.45) is 1.23. The molecule has 34 heavy (non-hydrogen) atoms. The zero-order valence-corrected chi connectivity index (χ0v) is 20.4. The van der Waals surface area contributed by atoms with Crippen LogP contribution in [0.3, 0.4) is 0 Å². The average molecular weight is 459 g/mol. The summed E-state index contributed by atoms with van der Waals surface area (Å²) in [7, 11) is 3.36. The van der Waals surface area contributed by atoms with Crippen molar-refractivity contribution in [3.05, 3.63) is 95.1 Å². The van der Waals surface area contributed by atoms with Gasteiger partial charge in [-0.05, 0) is 53.4 Å². The standard InChI is InChI=1S/C29H34N2O3/c1-23-20-28(33-3)15-12-26(23)21-29(25-8-5-4-6-9-25)34-19-18-31(17-7-16-30)22-24-10-13-27(32-2)14-11-24/h4-6,8-15,20,29H,7,17-19,21-22H2,1-3H3/t29-/m1/s1. The van der Waals surface area contributed by atoms with Gasteiger partial charge in [0.15, 0.2) is 0 Å². The second-order valence-corrected chi connectivity index (χ2v) is 8.30.